The smallest absolute Gasteiger partial charge is 0.410 e. The number of aromatic nitrogens is 2. The molecular weight excluding hydrogens is 406 g/mol. The van der Waals surface area contributed by atoms with Crippen LogP contribution in [0.15, 0.2) is 47.5 Å². The highest BCUT2D eigenvalue weighted by Gasteiger charge is 2.56. The lowest BCUT2D eigenvalue weighted by Crippen LogP contribution is -2.62. The minimum Gasteiger partial charge on any atom is -0.444 e. The third-order valence-electron chi connectivity index (χ3n) is 6.87. The van der Waals surface area contributed by atoms with Crippen molar-refractivity contribution in [2.45, 2.75) is 70.6 Å². The second-order valence-corrected chi connectivity index (χ2v) is 10.3. The van der Waals surface area contributed by atoms with Crippen LogP contribution in [0, 0.1) is 5.41 Å². The second kappa shape index (κ2) is 8.35. The molecule has 0 bridgehead atoms. The minimum absolute atomic E-state index is 0.177. The van der Waals surface area contributed by atoms with Gasteiger partial charge in [0.2, 0.25) is 0 Å². The molecule has 2 aromatic rings. The van der Waals surface area contributed by atoms with Crippen LogP contribution in [0.4, 0.5) is 4.79 Å². The summed E-state index contributed by atoms with van der Waals surface area (Å²) in [5.41, 5.74) is -0.771. The van der Waals surface area contributed by atoms with Gasteiger partial charge < -0.3 is 14.7 Å². The fourth-order valence-electron chi connectivity index (χ4n) is 5.17. The molecule has 1 aromatic heterocycles. The van der Waals surface area contributed by atoms with Crippen molar-refractivity contribution in [3.8, 4) is 11.3 Å². The van der Waals surface area contributed by atoms with Crippen molar-refractivity contribution in [2.75, 3.05) is 13.1 Å². The highest BCUT2D eigenvalue weighted by atomic mass is 16.6. The summed E-state index contributed by atoms with van der Waals surface area (Å²) >= 11 is 0. The maximum atomic E-state index is 12.9. The number of hydrogen-bond donors (Lipinski definition) is 1. The van der Waals surface area contributed by atoms with Crippen LogP contribution in [0.3, 0.4) is 0 Å². The van der Waals surface area contributed by atoms with Gasteiger partial charge >= 0.3 is 6.09 Å². The summed E-state index contributed by atoms with van der Waals surface area (Å²) in [5.74, 6) is 0. The van der Waals surface area contributed by atoms with Crippen LogP contribution in [0.5, 0.6) is 0 Å². The van der Waals surface area contributed by atoms with Crippen molar-refractivity contribution in [3.63, 3.8) is 0 Å². The summed E-state index contributed by atoms with van der Waals surface area (Å²) in [6.07, 6.45) is 5.26. The number of aliphatic hydroxyl groups is 1. The van der Waals surface area contributed by atoms with E-state index in [0.29, 0.717) is 25.2 Å². The molecular formula is C25H33N3O4. The van der Waals surface area contributed by atoms with E-state index in [1.807, 2.05) is 51.1 Å². The predicted octanol–water partition coefficient (Wildman–Crippen LogP) is 3.84. The highest BCUT2D eigenvalue weighted by molar-refractivity contribution is 5.68. The third kappa shape index (κ3) is 4.44. The molecule has 4 rings (SSSR count). The Morgan fingerprint density at radius 2 is 1.84 bits per heavy atom. The number of benzene rings is 1. The lowest BCUT2D eigenvalue weighted by Gasteiger charge is -2.52. The van der Waals surface area contributed by atoms with Gasteiger partial charge in [0.25, 0.3) is 5.56 Å². The first-order chi connectivity index (χ1) is 15.1. The van der Waals surface area contributed by atoms with Crippen molar-refractivity contribution >= 4 is 6.09 Å². The zero-order valence-corrected chi connectivity index (χ0v) is 19.2. The lowest BCUT2D eigenvalue weighted by molar-refractivity contribution is -0.140. The first-order valence-electron chi connectivity index (χ1n) is 11.4. The number of nitrogens with zero attached hydrogens (tertiary/aromatic N) is 3. The number of ether oxygens (including phenoxy) is 1. The third-order valence-corrected chi connectivity index (χ3v) is 6.87. The summed E-state index contributed by atoms with van der Waals surface area (Å²) in [5, 5.41) is 11.9. The van der Waals surface area contributed by atoms with Gasteiger partial charge in [0.1, 0.15) is 5.60 Å². The van der Waals surface area contributed by atoms with E-state index in [1.165, 1.54) is 17.0 Å². The summed E-state index contributed by atoms with van der Waals surface area (Å²) in [4.78, 5) is 31.8. The molecule has 1 saturated heterocycles. The fraction of sp³-hybridized carbons (Fsp3) is 0.560. The summed E-state index contributed by atoms with van der Waals surface area (Å²) in [7, 11) is 0. The number of likely N-dealkylation sites (tertiary alicyclic amines) is 1. The molecule has 1 aliphatic carbocycles. The van der Waals surface area contributed by atoms with E-state index >= 15 is 0 Å². The Balaban J connectivity index is 1.57. The van der Waals surface area contributed by atoms with Crippen molar-refractivity contribution in [1.29, 1.82) is 0 Å². The molecule has 1 atom stereocenters. The molecule has 32 heavy (non-hydrogen) atoms. The molecule has 1 aliphatic heterocycles. The Morgan fingerprint density at radius 3 is 2.47 bits per heavy atom. The predicted molar refractivity (Wildman–Crippen MR) is 122 cm³/mol. The zero-order valence-electron chi connectivity index (χ0n) is 19.2. The van der Waals surface area contributed by atoms with Crippen molar-refractivity contribution in [2.24, 2.45) is 5.41 Å². The summed E-state index contributed by atoms with van der Waals surface area (Å²) in [6.45, 7) is 6.59. The van der Waals surface area contributed by atoms with Gasteiger partial charge in [-0.05, 0) is 40.0 Å². The molecule has 172 valence electrons. The number of rotatable bonds is 3. The van der Waals surface area contributed by atoms with Crippen LogP contribution in [0.25, 0.3) is 11.3 Å². The average Bonchev–Trinajstić information content (AvgIpc) is 3.21. The molecule has 2 heterocycles. The van der Waals surface area contributed by atoms with E-state index in [9.17, 15) is 14.7 Å². The molecule has 0 unspecified atom stereocenters. The van der Waals surface area contributed by atoms with Gasteiger partial charge in [-0.1, -0.05) is 43.2 Å². The second-order valence-electron chi connectivity index (χ2n) is 10.3. The largest absolute Gasteiger partial charge is 0.444 e. The number of carbonyl (C=O) groups is 1. The topological polar surface area (TPSA) is 84.7 Å². The van der Waals surface area contributed by atoms with Crippen molar-refractivity contribution in [3.05, 3.63) is 53.1 Å². The molecule has 0 radical (unpaired) electrons. The van der Waals surface area contributed by atoms with Crippen LogP contribution in [0.1, 0.15) is 52.9 Å². The van der Waals surface area contributed by atoms with Crippen LogP contribution >= 0.6 is 0 Å². The average molecular weight is 440 g/mol. The van der Waals surface area contributed by atoms with Gasteiger partial charge in [0, 0.05) is 30.1 Å². The van der Waals surface area contributed by atoms with Gasteiger partial charge in [-0.2, -0.15) is 0 Å². The molecule has 1 spiro atoms. The Morgan fingerprint density at radius 1 is 1.16 bits per heavy atom. The van der Waals surface area contributed by atoms with Gasteiger partial charge in [-0.25, -0.2) is 9.78 Å². The van der Waals surface area contributed by atoms with Gasteiger partial charge in [0.05, 0.1) is 24.2 Å². The number of amides is 1. The molecule has 2 fully saturated rings. The van der Waals surface area contributed by atoms with Crippen LogP contribution < -0.4 is 5.56 Å². The SMILES string of the molecule is CC(C)(C)OC(=O)N1CC[C@](O)(Cn2cnc(-c3ccccc3)cc2=O)C2(CCCC2)C1. The maximum Gasteiger partial charge on any atom is 0.410 e. The number of hydrogen-bond acceptors (Lipinski definition) is 5. The van der Waals surface area contributed by atoms with E-state index in [-0.39, 0.29) is 18.2 Å². The van der Waals surface area contributed by atoms with Crippen LogP contribution in [0.2, 0.25) is 0 Å². The lowest BCUT2D eigenvalue weighted by atomic mass is 9.66. The Labute approximate surface area is 189 Å². The van der Waals surface area contributed by atoms with E-state index < -0.39 is 16.6 Å². The maximum absolute atomic E-state index is 12.9. The molecule has 2 aliphatic rings. The van der Waals surface area contributed by atoms with Gasteiger partial charge in [-0.3, -0.25) is 9.36 Å². The monoisotopic (exact) mass is 439 g/mol. The van der Waals surface area contributed by atoms with Gasteiger partial charge in [0.15, 0.2) is 0 Å². The van der Waals surface area contributed by atoms with Crippen molar-refractivity contribution < 1.29 is 14.6 Å². The normalized spacial score (nSPS) is 22.8. The number of piperidine rings is 1. The minimum atomic E-state index is -1.08. The van der Waals surface area contributed by atoms with Crippen LogP contribution in [-0.4, -0.2) is 49.9 Å². The number of carbonyl (C=O) groups excluding carboxylic acids is 1. The molecule has 1 N–H and O–H groups in total. The molecule has 1 aromatic carbocycles. The Kier molecular flexibility index (Phi) is 5.88. The first kappa shape index (κ1) is 22.5. The highest BCUT2D eigenvalue weighted by Crippen LogP contribution is 2.51. The quantitative estimate of drug-likeness (QED) is 0.785. The molecule has 1 saturated carbocycles. The van der Waals surface area contributed by atoms with Crippen LogP contribution in [-0.2, 0) is 11.3 Å². The Bertz CT molecular complexity index is 1020. The zero-order chi connectivity index (χ0) is 23.0. The first-order valence-corrected chi connectivity index (χ1v) is 11.4. The summed E-state index contributed by atoms with van der Waals surface area (Å²) in [6, 6.07) is 11.1. The van der Waals surface area contributed by atoms with Crippen molar-refractivity contribution in [1.82, 2.24) is 14.5 Å². The van der Waals surface area contributed by atoms with E-state index in [1.54, 1.807) is 4.90 Å². The molecule has 7 nitrogen and oxygen atoms in total. The summed E-state index contributed by atoms with van der Waals surface area (Å²) < 4.78 is 7.09. The fourth-order valence-corrected chi connectivity index (χ4v) is 5.17. The molecule has 1 amide bonds. The van der Waals surface area contributed by atoms with Gasteiger partial charge in [-0.15, -0.1) is 0 Å². The Hall–Kier alpha value is -2.67. The molecule has 7 heteroatoms. The van der Waals surface area contributed by atoms with E-state index in [4.69, 9.17) is 4.74 Å². The standard InChI is InChI=1S/C25H33N3O4/c1-23(2,3)32-22(30)27-14-13-25(31,24(16-27)11-7-8-12-24)17-28-18-26-20(15-21(28)29)19-9-5-4-6-10-19/h4-6,9-10,15,18,31H,7-8,11-14,16-17H2,1-3H3/t25-/m0/s1. The van der Waals surface area contributed by atoms with E-state index in [0.717, 1.165) is 31.2 Å². The van der Waals surface area contributed by atoms with E-state index in [2.05, 4.69) is 4.98 Å².